The van der Waals surface area contributed by atoms with E-state index in [0.717, 1.165) is 63.0 Å². The van der Waals surface area contributed by atoms with Gasteiger partial charge >= 0.3 is 0 Å². The van der Waals surface area contributed by atoms with Crippen molar-refractivity contribution in [2.75, 3.05) is 0 Å². The van der Waals surface area contributed by atoms with Gasteiger partial charge in [0, 0.05) is 38.7 Å². The van der Waals surface area contributed by atoms with Crippen LogP contribution in [0.1, 0.15) is 28.8 Å². The molecule has 2 aromatic heterocycles. The second-order valence-corrected chi connectivity index (χ2v) is 12.3. The van der Waals surface area contributed by atoms with E-state index in [9.17, 15) is 10.5 Å². The number of benzene rings is 6. The smallest absolute Gasteiger partial charge is 0.101 e. The van der Waals surface area contributed by atoms with E-state index in [1.807, 2.05) is 12.1 Å². The molecule has 1 aliphatic rings. The summed E-state index contributed by atoms with van der Waals surface area (Å²) in [6, 6.07) is 50.9. The molecule has 4 heteroatoms. The standard InChI is InChI=1S/C44H28N4/c45-27-30-25-38(29-21-23-32(24-22-29)47-40-16-6-1-11-33(40)34-12-2-7-17-41(34)47)39(26-31(30)28-46)37-15-5-10-20-44(37)48-42-18-8-3-13-35(42)36-14-4-9-19-43(36)48/h1-8,10-18,20-26H,9,19H2. The van der Waals surface area contributed by atoms with Gasteiger partial charge in [-0.25, -0.2) is 0 Å². The van der Waals surface area contributed by atoms with Crippen molar-refractivity contribution in [1.82, 2.24) is 9.13 Å². The highest BCUT2D eigenvalue weighted by atomic mass is 15.0. The molecular weight excluding hydrogens is 585 g/mol. The molecule has 0 aliphatic heterocycles. The first-order valence-electron chi connectivity index (χ1n) is 16.2. The zero-order chi connectivity index (χ0) is 32.2. The molecule has 2 heterocycles. The molecule has 224 valence electrons. The lowest BCUT2D eigenvalue weighted by Gasteiger charge is -2.20. The van der Waals surface area contributed by atoms with Crippen molar-refractivity contribution in [3.8, 4) is 45.8 Å². The monoisotopic (exact) mass is 612 g/mol. The molecule has 1 aliphatic carbocycles. The molecule has 0 N–H and O–H groups in total. The van der Waals surface area contributed by atoms with E-state index in [-0.39, 0.29) is 0 Å². The molecular formula is C44H28N4. The third kappa shape index (κ3) is 4.14. The first-order chi connectivity index (χ1) is 23.7. The Morgan fingerprint density at radius 3 is 1.75 bits per heavy atom. The molecule has 9 rings (SSSR count). The van der Waals surface area contributed by atoms with Crippen LogP contribution < -0.4 is 0 Å². The van der Waals surface area contributed by atoms with Crippen molar-refractivity contribution in [3.05, 3.63) is 162 Å². The zero-order valence-electron chi connectivity index (χ0n) is 26.1. The summed E-state index contributed by atoms with van der Waals surface area (Å²) in [5, 5.41) is 23.9. The quantitative estimate of drug-likeness (QED) is 0.199. The van der Waals surface area contributed by atoms with Crippen molar-refractivity contribution in [1.29, 1.82) is 10.5 Å². The molecule has 6 aromatic carbocycles. The average Bonchev–Trinajstić information content (AvgIpc) is 3.67. The summed E-state index contributed by atoms with van der Waals surface area (Å²) in [5.74, 6) is 0. The minimum atomic E-state index is 0.370. The van der Waals surface area contributed by atoms with Crippen molar-refractivity contribution < 1.29 is 0 Å². The third-order valence-corrected chi connectivity index (χ3v) is 9.70. The van der Waals surface area contributed by atoms with E-state index in [4.69, 9.17) is 0 Å². The van der Waals surface area contributed by atoms with E-state index in [2.05, 4.69) is 155 Å². The first-order valence-corrected chi connectivity index (χ1v) is 16.2. The summed E-state index contributed by atoms with van der Waals surface area (Å²) in [7, 11) is 0. The number of para-hydroxylation sites is 4. The zero-order valence-corrected chi connectivity index (χ0v) is 26.1. The lowest BCUT2D eigenvalue weighted by Crippen LogP contribution is -2.05. The van der Waals surface area contributed by atoms with Gasteiger partial charge in [0.1, 0.15) is 12.1 Å². The van der Waals surface area contributed by atoms with E-state index < -0.39 is 0 Å². The Balaban J connectivity index is 1.26. The average molecular weight is 613 g/mol. The van der Waals surface area contributed by atoms with Gasteiger partial charge in [-0.3, -0.25) is 0 Å². The summed E-state index contributed by atoms with van der Waals surface area (Å²) < 4.78 is 4.70. The molecule has 0 atom stereocenters. The molecule has 0 saturated heterocycles. The van der Waals surface area contributed by atoms with Crippen LogP contribution in [0.25, 0.3) is 72.4 Å². The second kappa shape index (κ2) is 11.0. The molecule has 48 heavy (non-hydrogen) atoms. The molecule has 0 spiro atoms. The summed E-state index contributed by atoms with van der Waals surface area (Å²) in [4.78, 5) is 0. The van der Waals surface area contributed by atoms with Crippen molar-refractivity contribution >= 4 is 38.8 Å². The maximum Gasteiger partial charge on any atom is 0.101 e. The number of fused-ring (bicyclic) bond motifs is 6. The van der Waals surface area contributed by atoms with Gasteiger partial charge in [-0.05, 0) is 78.1 Å². The van der Waals surface area contributed by atoms with Crippen molar-refractivity contribution in [2.24, 2.45) is 0 Å². The topological polar surface area (TPSA) is 57.4 Å². The number of nitrogens with zero attached hydrogens (tertiary/aromatic N) is 4. The van der Waals surface area contributed by atoms with Crippen molar-refractivity contribution in [2.45, 2.75) is 12.8 Å². The second-order valence-electron chi connectivity index (χ2n) is 12.3. The fourth-order valence-electron chi connectivity index (χ4n) is 7.58. The Morgan fingerprint density at radius 2 is 1.08 bits per heavy atom. The van der Waals surface area contributed by atoms with Gasteiger partial charge in [0.2, 0.25) is 0 Å². The fraction of sp³-hybridized carbons (Fsp3) is 0.0455. The predicted octanol–water partition coefficient (Wildman–Crippen LogP) is 10.8. The molecule has 8 aromatic rings. The highest BCUT2D eigenvalue weighted by Crippen LogP contribution is 2.42. The van der Waals surface area contributed by atoms with Gasteiger partial charge < -0.3 is 9.13 Å². The Morgan fingerprint density at radius 1 is 0.521 bits per heavy atom. The maximum atomic E-state index is 10.1. The van der Waals surface area contributed by atoms with E-state index in [0.29, 0.717) is 11.1 Å². The molecule has 0 saturated carbocycles. The Bertz CT molecular complexity index is 2630. The van der Waals surface area contributed by atoms with Crippen LogP contribution in [0.15, 0.2) is 140 Å². The van der Waals surface area contributed by atoms with E-state index >= 15 is 0 Å². The summed E-state index contributed by atoms with van der Waals surface area (Å²) >= 11 is 0. The molecule has 0 fully saturated rings. The Kier molecular flexibility index (Phi) is 6.35. The number of allylic oxidation sites excluding steroid dienone is 1. The van der Waals surface area contributed by atoms with Crippen LogP contribution >= 0.6 is 0 Å². The van der Waals surface area contributed by atoms with Crippen LogP contribution in [0.2, 0.25) is 0 Å². The van der Waals surface area contributed by atoms with Crippen LogP contribution in [0, 0.1) is 22.7 Å². The van der Waals surface area contributed by atoms with Crippen LogP contribution in [0.4, 0.5) is 0 Å². The minimum Gasteiger partial charge on any atom is -0.312 e. The van der Waals surface area contributed by atoms with Gasteiger partial charge in [-0.2, -0.15) is 10.5 Å². The number of nitriles is 2. The first kappa shape index (κ1) is 27.7. The predicted molar refractivity (Wildman–Crippen MR) is 195 cm³/mol. The minimum absolute atomic E-state index is 0.370. The largest absolute Gasteiger partial charge is 0.312 e. The summed E-state index contributed by atoms with van der Waals surface area (Å²) in [6.07, 6.45) is 6.44. The van der Waals surface area contributed by atoms with Gasteiger partial charge in [0.05, 0.1) is 33.4 Å². The number of hydrogen-bond donors (Lipinski definition) is 0. The fourth-order valence-corrected chi connectivity index (χ4v) is 7.58. The van der Waals surface area contributed by atoms with Gasteiger partial charge in [-0.1, -0.05) is 97.1 Å². The van der Waals surface area contributed by atoms with Crippen LogP contribution in [0.3, 0.4) is 0 Å². The lowest BCUT2D eigenvalue weighted by molar-refractivity contribution is 0.889. The lowest BCUT2D eigenvalue weighted by atomic mass is 9.89. The van der Waals surface area contributed by atoms with Gasteiger partial charge in [0.25, 0.3) is 0 Å². The highest BCUT2D eigenvalue weighted by molar-refractivity contribution is 6.09. The SMILES string of the molecule is N#Cc1cc(-c2ccc(-n3c4ccccc4c4ccccc43)cc2)c(-c2ccccc2-n2c3c(c4ccccc42)C=CCC3)cc1C#N. The molecule has 0 unspecified atom stereocenters. The van der Waals surface area contributed by atoms with Crippen molar-refractivity contribution in [3.63, 3.8) is 0 Å². The molecule has 0 radical (unpaired) electrons. The Labute approximate surface area is 278 Å². The molecule has 4 nitrogen and oxygen atoms in total. The van der Waals surface area contributed by atoms with E-state index in [1.165, 1.54) is 27.4 Å². The van der Waals surface area contributed by atoms with Gasteiger partial charge in [-0.15, -0.1) is 0 Å². The van der Waals surface area contributed by atoms with Crippen LogP contribution in [0.5, 0.6) is 0 Å². The molecule has 0 bridgehead atoms. The number of aromatic nitrogens is 2. The van der Waals surface area contributed by atoms with Crippen LogP contribution in [-0.2, 0) is 6.42 Å². The summed E-state index contributed by atoms with van der Waals surface area (Å²) in [6.45, 7) is 0. The highest BCUT2D eigenvalue weighted by Gasteiger charge is 2.22. The number of hydrogen-bond acceptors (Lipinski definition) is 2. The van der Waals surface area contributed by atoms with E-state index in [1.54, 1.807) is 0 Å². The third-order valence-electron chi connectivity index (χ3n) is 9.70. The molecule has 0 amide bonds. The normalized spacial score (nSPS) is 12.3. The van der Waals surface area contributed by atoms with Gasteiger partial charge in [0.15, 0.2) is 0 Å². The Hall–Kier alpha value is -6.62. The summed E-state index contributed by atoms with van der Waals surface area (Å²) in [5.41, 5.74) is 12.7. The number of rotatable bonds is 4. The van der Waals surface area contributed by atoms with Crippen LogP contribution in [-0.4, -0.2) is 9.13 Å². The maximum absolute atomic E-state index is 10.1.